The lowest BCUT2D eigenvalue weighted by Gasteiger charge is -2.07. The minimum Gasteiger partial charge on any atom is -0.493 e. The topological polar surface area (TPSA) is 86.6 Å². The van der Waals surface area contributed by atoms with Crippen molar-refractivity contribution in [1.82, 2.24) is 15.0 Å². The summed E-state index contributed by atoms with van der Waals surface area (Å²) in [6, 6.07) is 17.6. The Balaban J connectivity index is 1.53. The number of rotatable bonds is 5. The molecule has 0 radical (unpaired) electrons. The van der Waals surface area contributed by atoms with Crippen LogP contribution in [0, 0.1) is 11.3 Å². The molecule has 4 aromatic rings. The first-order valence-electron chi connectivity index (χ1n) is 8.59. The zero-order valence-corrected chi connectivity index (χ0v) is 15.8. The fourth-order valence-electron chi connectivity index (χ4n) is 2.95. The first-order chi connectivity index (χ1) is 13.7. The van der Waals surface area contributed by atoms with Crippen LogP contribution in [0.15, 0.2) is 54.7 Å². The zero-order chi connectivity index (χ0) is 19.5. The van der Waals surface area contributed by atoms with Crippen LogP contribution in [0.1, 0.15) is 11.1 Å². The summed E-state index contributed by atoms with van der Waals surface area (Å²) < 4.78 is 5.34. The van der Waals surface area contributed by atoms with E-state index in [-0.39, 0.29) is 0 Å². The van der Waals surface area contributed by atoms with E-state index >= 15 is 0 Å². The Labute approximate surface area is 166 Å². The number of aromatic nitrogens is 3. The number of fused-ring (bicyclic) bond motifs is 1. The fourth-order valence-corrected chi connectivity index (χ4v) is 3.17. The van der Waals surface area contributed by atoms with Gasteiger partial charge in [-0.15, -0.1) is 0 Å². The van der Waals surface area contributed by atoms with E-state index in [2.05, 4.69) is 26.3 Å². The van der Waals surface area contributed by atoms with Crippen LogP contribution in [0.2, 0.25) is 5.02 Å². The third-order valence-electron chi connectivity index (χ3n) is 4.34. The summed E-state index contributed by atoms with van der Waals surface area (Å²) in [4.78, 5) is 12.0. The molecule has 0 aliphatic carbocycles. The van der Waals surface area contributed by atoms with E-state index in [4.69, 9.17) is 21.6 Å². The van der Waals surface area contributed by atoms with Crippen molar-refractivity contribution in [2.45, 2.75) is 6.54 Å². The van der Waals surface area contributed by atoms with Crippen molar-refractivity contribution < 1.29 is 4.74 Å². The first kappa shape index (κ1) is 17.8. The molecule has 0 fully saturated rings. The van der Waals surface area contributed by atoms with E-state index in [1.165, 1.54) is 6.20 Å². The number of hydrogen-bond acceptors (Lipinski definition) is 5. The highest BCUT2D eigenvalue weighted by Gasteiger charge is 2.13. The Hall–Kier alpha value is -3.56. The molecule has 0 bridgehead atoms. The Morgan fingerprint density at radius 3 is 2.79 bits per heavy atom. The summed E-state index contributed by atoms with van der Waals surface area (Å²) in [5, 5.41) is 12.8. The Bertz CT molecular complexity index is 1180. The molecule has 28 heavy (non-hydrogen) atoms. The Kier molecular flexibility index (Phi) is 4.83. The average molecular weight is 390 g/mol. The number of imidazole rings is 1. The molecule has 0 spiro atoms. The Morgan fingerprint density at radius 1 is 1.21 bits per heavy atom. The second kappa shape index (κ2) is 7.59. The quantitative estimate of drug-likeness (QED) is 0.513. The highest BCUT2D eigenvalue weighted by Crippen LogP contribution is 2.32. The number of H-pyrrole nitrogens is 1. The molecule has 6 nitrogen and oxygen atoms in total. The standard InChI is InChI=1S/C21H16ClN5O/c1-28-19-17(22)12-25-21-18(19)26-20(27-21)15-5-7-16(8-6-15)24-11-14-4-2-3-13(9-14)10-23/h2-9,12,24H,11H2,1H3,(H,25,26,27). The molecular weight excluding hydrogens is 374 g/mol. The van der Waals surface area contributed by atoms with E-state index in [1.807, 2.05) is 42.5 Å². The fraction of sp³-hybridized carbons (Fsp3) is 0.0952. The lowest BCUT2D eigenvalue weighted by atomic mass is 10.1. The first-order valence-corrected chi connectivity index (χ1v) is 8.97. The van der Waals surface area contributed by atoms with E-state index in [1.54, 1.807) is 13.2 Å². The van der Waals surface area contributed by atoms with Gasteiger partial charge < -0.3 is 15.0 Å². The van der Waals surface area contributed by atoms with Crippen molar-refractivity contribution >= 4 is 28.5 Å². The highest BCUT2D eigenvalue weighted by atomic mass is 35.5. The maximum atomic E-state index is 8.99. The summed E-state index contributed by atoms with van der Waals surface area (Å²) >= 11 is 6.12. The van der Waals surface area contributed by atoms with Crippen molar-refractivity contribution in [2.24, 2.45) is 0 Å². The van der Waals surface area contributed by atoms with Crippen molar-refractivity contribution in [3.05, 3.63) is 70.9 Å². The second-order valence-corrected chi connectivity index (χ2v) is 6.57. The molecule has 2 aromatic heterocycles. The van der Waals surface area contributed by atoms with Crippen molar-refractivity contribution in [2.75, 3.05) is 12.4 Å². The second-order valence-electron chi connectivity index (χ2n) is 6.17. The summed E-state index contributed by atoms with van der Waals surface area (Å²) in [6.45, 7) is 0.638. The highest BCUT2D eigenvalue weighted by molar-refractivity contribution is 6.32. The molecule has 0 unspecified atom stereocenters. The van der Waals surface area contributed by atoms with Gasteiger partial charge in [0.05, 0.1) is 24.9 Å². The van der Waals surface area contributed by atoms with Crippen molar-refractivity contribution in [1.29, 1.82) is 5.26 Å². The van der Waals surface area contributed by atoms with Crippen LogP contribution >= 0.6 is 11.6 Å². The smallest absolute Gasteiger partial charge is 0.182 e. The Morgan fingerprint density at radius 2 is 2.04 bits per heavy atom. The van der Waals surface area contributed by atoms with E-state index in [9.17, 15) is 0 Å². The van der Waals surface area contributed by atoms with Gasteiger partial charge in [-0.3, -0.25) is 0 Å². The third kappa shape index (κ3) is 3.48. The van der Waals surface area contributed by atoms with Gasteiger partial charge in [0, 0.05) is 17.8 Å². The average Bonchev–Trinajstić information content (AvgIpc) is 3.17. The van der Waals surface area contributed by atoms with Gasteiger partial charge in [0.15, 0.2) is 11.4 Å². The maximum absolute atomic E-state index is 8.99. The third-order valence-corrected chi connectivity index (χ3v) is 4.61. The summed E-state index contributed by atoms with van der Waals surface area (Å²) in [7, 11) is 1.56. The molecule has 0 aliphatic heterocycles. The molecule has 0 aliphatic rings. The molecule has 2 heterocycles. The molecule has 4 rings (SSSR count). The van der Waals surface area contributed by atoms with Crippen LogP contribution in [-0.4, -0.2) is 22.1 Å². The van der Waals surface area contributed by atoms with Gasteiger partial charge in [0.25, 0.3) is 0 Å². The van der Waals surface area contributed by atoms with Crippen molar-refractivity contribution in [3.63, 3.8) is 0 Å². The van der Waals surface area contributed by atoms with Gasteiger partial charge >= 0.3 is 0 Å². The zero-order valence-electron chi connectivity index (χ0n) is 15.0. The number of nitrogens with zero attached hydrogens (tertiary/aromatic N) is 3. The molecule has 138 valence electrons. The largest absolute Gasteiger partial charge is 0.493 e. The van der Waals surface area contributed by atoms with Gasteiger partial charge in [0.2, 0.25) is 0 Å². The molecule has 2 N–H and O–H groups in total. The van der Waals surface area contributed by atoms with E-state index in [0.29, 0.717) is 39.9 Å². The van der Waals surface area contributed by atoms with E-state index < -0.39 is 0 Å². The lowest BCUT2D eigenvalue weighted by molar-refractivity contribution is 0.419. The van der Waals surface area contributed by atoms with Gasteiger partial charge in [-0.2, -0.15) is 5.26 Å². The molecule has 0 saturated carbocycles. The van der Waals surface area contributed by atoms with Crippen LogP contribution in [-0.2, 0) is 6.54 Å². The number of pyridine rings is 1. The lowest BCUT2D eigenvalue weighted by Crippen LogP contribution is -1.99. The number of ether oxygens (including phenoxy) is 1. The number of nitriles is 1. The monoisotopic (exact) mass is 389 g/mol. The van der Waals surface area contributed by atoms with Crippen LogP contribution in [0.25, 0.3) is 22.6 Å². The molecule has 0 saturated heterocycles. The normalized spacial score (nSPS) is 10.6. The molecule has 7 heteroatoms. The number of anilines is 1. The van der Waals surface area contributed by atoms with Crippen LogP contribution in [0.3, 0.4) is 0 Å². The predicted molar refractivity (Wildman–Crippen MR) is 109 cm³/mol. The van der Waals surface area contributed by atoms with E-state index in [0.717, 1.165) is 16.8 Å². The molecule has 0 amide bonds. The van der Waals surface area contributed by atoms with Gasteiger partial charge in [-0.1, -0.05) is 23.7 Å². The van der Waals surface area contributed by atoms with Gasteiger partial charge in [0.1, 0.15) is 16.4 Å². The summed E-state index contributed by atoms with van der Waals surface area (Å²) in [5.41, 5.74) is 4.83. The predicted octanol–water partition coefficient (Wildman–Crippen LogP) is 4.77. The van der Waals surface area contributed by atoms with Crippen LogP contribution in [0.4, 0.5) is 5.69 Å². The minimum atomic E-state index is 0.435. The number of methoxy groups -OCH3 is 1. The number of benzene rings is 2. The number of nitrogens with one attached hydrogen (secondary N) is 2. The van der Waals surface area contributed by atoms with Crippen LogP contribution in [0.5, 0.6) is 5.75 Å². The number of hydrogen-bond donors (Lipinski definition) is 2. The molecule has 2 aromatic carbocycles. The maximum Gasteiger partial charge on any atom is 0.182 e. The number of halogens is 1. The molecule has 0 atom stereocenters. The van der Waals surface area contributed by atoms with Crippen molar-refractivity contribution in [3.8, 4) is 23.2 Å². The molecular formula is C21H16ClN5O. The van der Waals surface area contributed by atoms with Gasteiger partial charge in [-0.05, 0) is 42.0 Å². The van der Waals surface area contributed by atoms with Crippen LogP contribution < -0.4 is 10.1 Å². The number of aromatic amines is 1. The summed E-state index contributed by atoms with van der Waals surface area (Å²) in [6.07, 6.45) is 1.53. The SMILES string of the molecule is COc1c(Cl)cnc2nc(-c3ccc(NCc4cccc(C#N)c4)cc3)[nH]c12. The van der Waals surface area contributed by atoms with Gasteiger partial charge in [-0.25, -0.2) is 9.97 Å². The summed E-state index contributed by atoms with van der Waals surface area (Å²) in [5.74, 6) is 1.22. The minimum absolute atomic E-state index is 0.435.